The van der Waals surface area contributed by atoms with Gasteiger partial charge in [0.15, 0.2) is 5.76 Å². The number of rotatable bonds is 4. The Morgan fingerprint density at radius 2 is 1.53 bits per heavy atom. The van der Waals surface area contributed by atoms with E-state index in [1.54, 1.807) is 42.6 Å². The summed E-state index contributed by atoms with van der Waals surface area (Å²) >= 11 is 3.39. The van der Waals surface area contributed by atoms with Gasteiger partial charge in [-0.3, -0.25) is 4.79 Å². The molecular formula is C30H17BrN4O3. The maximum absolute atomic E-state index is 13.9. The second-order valence-corrected chi connectivity index (χ2v) is 9.67. The molecule has 0 spiro atoms. The van der Waals surface area contributed by atoms with Crippen molar-refractivity contribution in [3.8, 4) is 12.1 Å². The zero-order valence-electron chi connectivity index (χ0n) is 19.6. The van der Waals surface area contributed by atoms with Crippen LogP contribution in [0.4, 0.5) is 0 Å². The maximum atomic E-state index is 13.9. The Morgan fingerprint density at radius 1 is 0.895 bits per heavy atom. The average molecular weight is 561 g/mol. The maximum Gasteiger partial charge on any atom is 0.264 e. The third-order valence-corrected chi connectivity index (χ3v) is 7.20. The number of benzene rings is 3. The molecule has 1 aliphatic heterocycles. The Morgan fingerprint density at radius 3 is 2.21 bits per heavy atom. The number of ketones is 1. The highest BCUT2D eigenvalue weighted by Gasteiger charge is 2.50. The van der Waals surface area contributed by atoms with Crippen LogP contribution in [0.1, 0.15) is 21.5 Å². The van der Waals surface area contributed by atoms with Crippen LogP contribution in [0.15, 0.2) is 106 Å². The normalized spacial score (nSPS) is 18.3. The smallest absolute Gasteiger partial charge is 0.264 e. The molecule has 0 saturated carbocycles. The van der Waals surface area contributed by atoms with E-state index in [9.17, 15) is 20.4 Å². The molecule has 2 aromatic heterocycles. The number of para-hydroxylation sites is 2. The monoisotopic (exact) mass is 560 g/mol. The number of halogens is 1. The summed E-state index contributed by atoms with van der Waals surface area (Å²) in [5, 5.41) is 34.1. The summed E-state index contributed by atoms with van der Waals surface area (Å²) in [7, 11) is 0. The van der Waals surface area contributed by atoms with Gasteiger partial charge < -0.3 is 19.8 Å². The number of nitrogens with zero attached hydrogens (tertiary/aromatic N) is 2. The zero-order valence-corrected chi connectivity index (χ0v) is 21.2. The topological polar surface area (TPSA) is 126 Å². The van der Waals surface area contributed by atoms with E-state index >= 15 is 0 Å². The first-order valence-corrected chi connectivity index (χ1v) is 12.4. The van der Waals surface area contributed by atoms with Crippen LogP contribution in [0.3, 0.4) is 0 Å². The first-order valence-electron chi connectivity index (χ1n) is 11.6. The van der Waals surface area contributed by atoms with E-state index in [-0.39, 0.29) is 33.6 Å². The van der Waals surface area contributed by atoms with Crippen LogP contribution >= 0.6 is 15.9 Å². The molecule has 38 heavy (non-hydrogen) atoms. The number of carbonyl (C=O) groups excluding carboxylic acids is 1. The van der Waals surface area contributed by atoms with E-state index in [1.165, 1.54) is 6.20 Å². The molecule has 1 unspecified atom stereocenters. The minimum absolute atomic E-state index is 0.0739. The lowest BCUT2D eigenvalue weighted by Gasteiger charge is -2.26. The molecule has 8 heteroatoms. The molecule has 0 bridgehead atoms. The number of fused-ring (bicyclic) bond motifs is 2. The summed E-state index contributed by atoms with van der Waals surface area (Å²) in [4.78, 5) is 20.1. The molecule has 3 N–H and O–H groups in total. The van der Waals surface area contributed by atoms with Crippen LogP contribution in [-0.2, 0) is 10.5 Å². The number of aromatic amines is 2. The van der Waals surface area contributed by atoms with Gasteiger partial charge in [-0.05, 0) is 24.3 Å². The molecule has 0 radical (unpaired) electrons. The van der Waals surface area contributed by atoms with Crippen LogP contribution in [0.2, 0.25) is 0 Å². The van der Waals surface area contributed by atoms with Gasteiger partial charge in [-0.2, -0.15) is 10.5 Å². The molecule has 0 aliphatic carbocycles. The van der Waals surface area contributed by atoms with E-state index < -0.39 is 11.6 Å². The zero-order chi connectivity index (χ0) is 26.4. The van der Waals surface area contributed by atoms with Crippen molar-refractivity contribution in [2.45, 2.75) is 5.79 Å². The lowest BCUT2D eigenvalue weighted by atomic mass is 9.86. The van der Waals surface area contributed by atoms with Gasteiger partial charge in [-0.1, -0.05) is 64.5 Å². The lowest BCUT2D eigenvalue weighted by Crippen LogP contribution is -2.29. The molecular weight excluding hydrogens is 544 g/mol. The van der Waals surface area contributed by atoms with Gasteiger partial charge in [0.25, 0.3) is 5.79 Å². The number of nitriles is 2. The Kier molecular flexibility index (Phi) is 5.50. The van der Waals surface area contributed by atoms with E-state index in [2.05, 4.69) is 32.0 Å². The number of Topliss-reactive ketones (excluding diaryl/α,β-unsaturated/α-hetero) is 1. The summed E-state index contributed by atoms with van der Waals surface area (Å²) in [6, 6.07) is 25.4. The van der Waals surface area contributed by atoms with Crippen molar-refractivity contribution in [3.05, 3.63) is 123 Å². The number of aliphatic hydroxyl groups is 1. The number of ether oxygens (including phenoxy) is 1. The van der Waals surface area contributed by atoms with Gasteiger partial charge in [-0.15, -0.1) is 0 Å². The van der Waals surface area contributed by atoms with E-state index in [4.69, 9.17) is 4.74 Å². The van der Waals surface area contributed by atoms with Crippen molar-refractivity contribution in [3.63, 3.8) is 0 Å². The number of carbonyl (C=O) groups is 1. The fourth-order valence-corrected chi connectivity index (χ4v) is 5.14. The standard InChI is InChI=1S/C30H17BrN4O3/c31-18-11-9-17(10-12-18)30(37)27(21(13-32)28(36)23-15-34-25-7-3-1-5-19(23)25)22(14-33)29(38-30)24-16-35-26-8-4-2-6-20(24)26/h1-12,15-16,34-35,37H/b27-21+. The molecule has 0 amide bonds. The summed E-state index contributed by atoms with van der Waals surface area (Å²) in [6.07, 6.45) is 3.20. The highest BCUT2D eigenvalue weighted by atomic mass is 79.9. The third-order valence-electron chi connectivity index (χ3n) is 6.67. The molecule has 0 fully saturated rings. The van der Waals surface area contributed by atoms with Crippen molar-refractivity contribution < 1.29 is 14.6 Å². The first-order chi connectivity index (χ1) is 18.5. The molecule has 1 aliphatic rings. The lowest BCUT2D eigenvalue weighted by molar-refractivity contribution is -0.120. The fourth-order valence-electron chi connectivity index (χ4n) is 4.88. The number of allylic oxidation sites excluding steroid dienone is 1. The van der Waals surface area contributed by atoms with Crippen molar-refractivity contribution in [1.82, 2.24) is 9.97 Å². The average Bonchev–Trinajstić information content (AvgIpc) is 3.64. The van der Waals surface area contributed by atoms with Gasteiger partial charge in [0, 0.05) is 55.4 Å². The second kappa shape index (κ2) is 8.89. The first kappa shape index (κ1) is 23.5. The number of nitrogens with one attached hydrogen (secondary N) is 2. The summed E-state index contributed by atoms with van der Waals surface area (Å²) < 4.78 is 6.95. The molecule has 1 atom stereocenters. The molecule has 5 aromatic rings. The Labute approximate surface area is 225 Å². The minimum atomic E-state index is -2.27. The Hall–Kier alpha value is -4.89. The fraction of sp³-hybridized carbons (Fsp3) is 0.0333. The van der Waals surface area contributed by atoms with Gasteiger partial charge >= 0.3 is 0 Å². The van der Waals surface area contributed by atoms with Gasteiger partial charge in [0.2, 0.25) is 5.78 Å². The van der Waals surface area contributed by atoms with Crippen LogP contribution in [-0.4, -0.2) is 20.9 Å². The largest absolute Gasteiger partial charge is 0.452 e. The molecule has 182 valence electrons. The van der Waals surface area contributed by atoms with Gasteiger partial charge in [0.05, 0.1) is 5.57 Å². The summed E-state index contributed by atoms with van der Waals surface area (Å²) in [5.41, 5.74) is 1.89. The molecule has 3 aromatic carbocycles. The van der Waals surface area contributed by atoms with Crippen molar-refractivity contribution >= 4 is 49.3 Å². The predicted molar refractivity (Wildman–Crippen MR) is 145 cm³/mol. The van der Waals surface area contributed by atoms with E-state index in [0.29, 0.717) is 10.9 Å². The van der Waals surface area contributed by atoms with Crippen LogP contribution in [0.25, 0.3) is 27.6 Å². The minimum Gasteiger partial charge on any atom is -0.452 e. The Bertz CT molecular complexity index is 1910. The van der Waals surface area contributed by atoms with Gasteiger partial charge in [-0.25, -0.2) is 0 Å². The molecule has 0 saturated heterocycles. The number of hydrogen-bond donors (Lipinski definition) is 3. The quantitative estimate of drug-likeness (QED) is 0.136. The second-order valence-electron chi connectivity index (χ2n) is 8.76. The number of hydrogen-bond acceptors (Lipinski definition) is 5. The number of aromatic nitrogens is 2. The SMILES string of the molecule is N#CC1=C(c2c[nH]c3ccccc23)OC(O)(c2ccc(Br)cc2)/C1=C(\C#N)C(=O)c1c[nH]c2ccccc12. The van der Waals surface area contributed by atoms with E-state index in [1.807, 2.05) is 42.5 Å². The Balaban J connectivity index is 1.65. The van der Waals surface area contributed by atoms with Crippen molar-refractivity contribution in [2.75, 3.05) is 0 Å². The highest BCUT2D eigenvalue weighted by molar-refractivity contribution is 9.10. The van der Waals surface area contributed by atoms with Gasteiger partial charge in [0.1, 0.15) is 23.3 Å². The van der Waals surface area contributed by atoms with Crippen LogP contribution < -0.4 is 0 Å². The van der Waals surface area contributed by atoms with Crippen LogP contribution in [0, 0.1) is 22.7 Å². The summed E-state index contributed by atoms with van der Waals surface area (Å²) in [5.74, 6) is -2.83. The molecule has 3 heterocycles. The van der Waals surface area contributed by atoms with Crippen molar-refractivity contribution in [1.29, 1.82) is 10.5 Å². The highest BCUT2D eigenvalue weighted by Crippen LogP contribution is 2.50. The van der Waals surface area contributed by atoms with Crippen molar-refractivity contribution in [2.24, 2.45) is 0 Å². The molecule has 6 rings (SSSR count). The van der Waals surface area contributed by atoms with E-state index in [0.717, 1.165) is 20.9 Å². The third kappa shape index (κ3) is 3.47. The van der Waals surface area contributed by atoms with Crippen LogP contribution in [0.5, 0.6) is 0 Å². The number of H-pyrrole nitrogens is 2. The predicted octanol–water partition coefficient (Wildman–Crippen LogP) is 6.22. The summed E-state index contributed by atoms with van der Waals surface area (Å²) in [6.45, 7) is 0. The molecule has 7 nitrogen and oxygen atoms in total.